The van der Waals surface area contributed by atoms with Crippen LogP contribution in [0.25, 0.3) is 0 Å². The van der Waals surface area contributed by atoms with Gasteiger partial charge in [-0.1, -0.05) is 11.6 Å². The molecule has 1 aliphatic heterocycles. The van der Waals surface area contributed by atoms with Gasteiger partial charge in [0, 0.05) is 26.3 Å². The Kier molecular flexibility index (Phi) is 5.11. The number of nitrogens with zero attached hydrogens (tertiary/aromatic N) is 4. The summed E-state index contributed by atoms with van der Waals surface area (Å²) in [5.41, 5.74) is -0.480. The average Bonchev–Trinajstić information content (AvgIpc) is 2.85. The van der Waals surface area contributed by atoms with Gasteiger partial charge in [-0.2, -0.15) is 0 Å². The molecule has 1 aromatic rings. The second-order valence-electron chi connectivity index (χ2n) is 6.53. The number of ether oxygens (including phenoxy) is 1. The van der Waals surface area contributed by atoms with E-state index in [0.29, 0.717) is 17.6 Å². The lowest BCUT2D eigenvalue weighted by molar-refractivity contribution is 0.0231. The van der Waals surface area contributed by atoms with E-state index >= 15 is 0 Å². The highest BCUT2D eigenvalue weighted by Gasteiger charge is 2.33. The summed E-state index contributed by atoms with van der Waals surface area (Å²) in [5, 5.41) is 0.410. The molecule has 0 saturated carbocycles. The third kappa shape index (κ3) is 4.47. The van der Waals surface area contributed by atoms with Gasteiger partial charge in [-0.15, -0.1) is 0 Å². The molecule has 1 amide bonds. The highest BCUT2D eigenvalue weighted by molar-refractivity contribution is 6.29. The van der Waals surface area contributed by atoms with Crippen molar-refractivity contribution in [3.05, 3.63) is 17.4 Å². The quantitative estimate of drug-likeness (QED) is 0.799. The van der Waals surface area contributed by atoms with E-state index in [4.69, 9.17) is 16.3 Å². The topological polar surface area (TPSA) is 58.6 Å². The number of likely N-dealkylation sites (tertiary alicyclic amines) is 1. The maximum absolute atomic E-state index is 12.3. The molecule has 22 heavy (non-hydrogen) atoms. The van der Waals surface area contributed by atoms with Crippen molar-refractivity contribution in [3.8, 4) is 0 Å². The predicted octanol–water partition coefficient (Wildman–Crippen LogP) is 2.97. The van der Waals surface area contributed by atoms with Crippen molar-refractivity contribution in [2.75, 3.05) is 25.0 Å². The Morgan fingerprint density at radius 1 is 1.55 bits per heavy atom. The van der Waals surface area contributed by atoms with Crippen LogP contribution in [0.15, 0.2) is 12.3 Å². The molecule has 0 aliphatic carbocycles. The summed E-state index contributed by atoms with van der Waals surface area (Å²) in [6.45, 7) is 7.01. The molecule has 0 aromatic carbocycles. The number of carbonyl (C=O) groups excluding carboxylic acids is 1. The minimum atomic E-state index is -0.480. The van der Waals surface area contributed by atoms with Crippen LogP contribution in [-0.2, 0) is 4.74 Å². The number of halogens is 1. The first kappa shape index (κ1) is 16.8. The van der Waals surface area contributed by atoms with Crippen molar-refractivity contribution >= 4 is 23.6 Å². The maximum Gasteiger partial charge on any atom is 0.410 e. The Bertz CT molecular complexity index is 533. The van der Waals surface area contributed by atoms with Crippen LogP contribution in [0.5, 0.6) is 0 Å². The first-order valence-corrected chi connectivity index (χ1v) is 7.83. The van der Waals surface area contributed by atoms with E-state index in [1.54, 1.807) is 17.2 Å². The highest BCUT2D eigenvalue weighted by Crippen LogP contribution is 2.22. The number of anilines is 1. The molecular weight excluding hydrogens is 304 g/mol. The van der Waals surface area contributed by atoms with Gasteiger partial charge in [0.05, 0.1) is 6.04 Å². The maximum atomic E-state index is 12.3. The van der Waals surface area contributed by atoms with Crippen LogP contribution >= 0.6 is 11.6 Å². The Labute approximate surface area is 136 Å². The highest BCUT2D eigenvalue weighted by atomic mass is 35.5. The molecule has 0 unspecified atom stereocenters. The molecule has 0 radical (unpaired) electrons. The smallest absolute Gasteiger partial charge is 0.410 e. The number of aromatic nitrogens is 2. The van der Waals surface area contributed by atoms with E-state index in [0.717, 1.165) is 19.4 Å². The summed E-state index contributed by atoms with van der Waals surface area (Å²) < 4.78 is 5.47. The first-order valence-electron chi connectivity index (χ1n) is 7.45. The van der Waals surface area contributed by atoms with Crippen LogP contribution in [0.2, 0.25) is 5.15 Å². The van der Waals surface area contributed by atoms with Gasteiger partial charge in [0.25, 0.3) is 0 Å². The number of likely N-dealkylation sites (N-methyl/N-ethyl adjacent to an activating group) is 1. The van der Waals surface area contributed by atoms with Crippen LogP contribution in [-0.4, -0.2) is 52.7 Å². The van der Waals surface area contributed by atoms with Crippen molar-refractivity contribution in [1.29, 1.82) is 0 Å². The Balaban J connectivity index is 2.00. The molecule has 122 valence electrons. The first-order chi connectivity index (χ1) is 10.3. The van der Waals surface area contributed by atoms with Gasteiger partial charge in [0.15, 0.2) is 0 Å². The SMILES string of the molecule is CN(C[C@H]1CCCN1C(=O)OC(C)(C)C)c1nccc(Cl)n1. The fourth-order valence-electron chi connectivity index (χ4n) is 2.50. The van der Waals surface area contributed by atoms with Gasteiger partial charge in [-0.3, -0.25) is 0 Å². The van der Waals surface area contributed by atoms with Crippen LogP contribution in [0.3, 0.4) is 0 Å². The molecular formula is C15H23ClN4O2. The van der Waals surface area contributed by atoms with E-state index in [1.165, 1.54) is 0 Å². The lowest BCUT2D eigenvalue weighted by Crippen LogP contribution is -2.44. The molecule has 1 aromatic heterocycles. The van der Waals surface area contributed by atoms with Crippen molar-refractivity contribution in [1.82, 2.24) is 14.9 Å². The molecule has 7 heteroatoms. The van der Waals surface area contributed by atoms with E-state index < -0.39 is 5.60 Å². The van der Waals surface area contributed by atoms with Gasteiger partial charge >= 0.3 is 6.09 Å². The Morgan fingerprint density at radius 2 is 2.27 bits per heavy atom. The molecule has 0 spiro atoms. The largest absolute Gasteiger partial charge is 0.444 e. The third-order valence-electron chi connectivity index (χ3n) is 3.44. The molecule has 1 aliphatic rings. The van der Waals surface area contributed by atoms with E-state index in [9.17, 15) is 4.79 Å². The van der Waals surface area contributed by atoms with Crippen molar-refractivity contribution < 1.29 is 9.53 Å². The monoisotopic (exact) mass is 326 g/mol. The number of rotatable bonds is 3. The standard InChI is InChI=1S/C15H23ClN4O2/c1-15(2,3)22-14(21)20-9-5-6-11(20)10-19(4)13-17-8-7-12(16)18-13/h7-8,11H,5-6,9-10H2,1-4H3/t11-/m1/s1. The summed E-state index contributed by atoms with van der Waals surface area (Å²) in [7, 11) is 1.90. The van der Waals surface area contributed by atoms with Crippen molar-refractivity contribution in [2.45, 2.75) is 45.3 Å². The fourth-order valence-corrected chi connectivity index (χ4v) is 2.63. The van der Waals surface area contributed by atoms with Crippen LogP contribution in [0.1, 0.15) is 33.6 Å². The second kappa shape index (κ2) is 6.69. The van der Waals surface area contributed by atoms with Gasteiger partial charge < -0.3 is 14.5 Å². The number of hydrogen-bond acceptors (Lipinski definition) is 5. The summed E-state index contributed by atoms with van der Waals surface area (Å²) in [5.74, 6) is 0.559. The minimum absolute atomic E-state index is 0.0995. The summed E-state index contributed by atoms with van der Waals surface area (Å²) in [4.78, 5) is 24.4. The zero-order valence-electron chi connectivity index (χ0n) is 13.5. The summed E-state index contributed by atoms with van der Waals surface area (Å²) >= 11 is 5.90. The van der Waals surface area contributed by atoms with E-state index in [-0.39, 0.29) is 12.1 Å². The number of hydrogen-bond donors (Lipinski definition) is 0. The van der Waals surface area contributed by atoms with Gasteiger partial charge in [0.2, 0.25) is 5.95 Å². The number of carbonyl (C=O) groups is 1. The molecule has 1 saturated heterocycles. The molecule has 2 heterocycles. The fraction of sp³-hybridized carbons (Fsp3) is 0.667. The molecule has 2 rings (SSSR count). The van der Waals surface area contributed by atoms with Crippen molar-refractivity contribution in [3.63, 3.8) is 0 Å². The van der Waals surface area contributed by atoms with Crippen LogP contribution in [0.4, 0.5) is 10.7 Å². The predicted molar refractivity (Wildman–Crippen MR) is 86.3 cm³/mol. The molecule has 1 fully saturated rings. The molecule has 0 bridgehead atoms. The lowest BCUT2D eigenvalue weighted by Gasteiger charge is -2.30. The molecule has 6 nitrogen and oxygen atoms in total. The normalized spacial score (nSPS) is 18.4. The zero-order chi connectivity index (χ0) is 16.3. The van der Waals surface area contributed by atoms with Gasteiger partial charge in [-0.05, 0) is 39.7 Å². The molecule has 0 N–H and O–H groups in total. The van der Waals surface area contributed by atoms with Gasteiger partial charge in [0.1, 0.15) is 10.8 Å². The van der Waals surface area contributed by atoms with Gasteiger partial charge in [-0.25, -0.2) is 14.8 Å². The zero-order valence-corrected chi connectivity index (χ0v) is 14.3. The minimum Gasteiger partial charge on any atom is -0.444 e. The van der Waals surface area contributed by atoms with E-state index in [1.807, 2.05) is 32.7 Å². The number of amides is 1. The Morgan fingerprint density at radius 3 is 2.91 bits per heavy atom. The van der Waals surface area contributed by atoms with Crippen LogP contribution in [0, 0.1) is 0 Å². The average molecular weight is 327 g/mol. The molecule has 1 atom stereocenters. The van der Waals surface area contributed by atoms with Crippen molar-refractivity contribution in [2.24, 2.45) is 0 Å². The summed E-state index contributed by atoms with van der Waals surface area (Å²) in [6, 6.07) is 1.74. The summed E-state index contributed by atoms with van der Waals surface area (Å²) in [6.07, 6.45) is 3.30. The van der Waals surface area contributed by atoms with Crippen LogP contribution < -0.4 is 4.90 Å². The van der Waals surface area contributed by atoms with E-state index in [2.05, 4.69) is 9.97 Å². The Hall–Kier alpha value is -1.56. The third-order valence-corrected chi connectivity index (χ3v) is 3.65. The lowest BCUT2D eigenvalue weighted by atomic mass is 10.2. The second-order valence-corrected chi connectivity index (χ2v) is 6.92.